The van der Waals surface area contributed by atoms with E-state index in [0.717, 1.165) is 11.1 Å². The van der Waals surface area contributed by atoms with Gasteiger partial charge in [0.2, 0.25) is 0 Å². The first kappa shape index (κ1) is 19.4. The van der Waals surface area contributed by atoms with E-state index in [-0.39, 0.29) is 5.41 Å². The van der Waals surface area contributed by atoms with Gasteiger partial charge < -0.3 is 9.84 Å². The number of ether oxygens (including phenoxy) is 1. The number of amides is 1. The normalized spacial score (nSPS) is 25.5. The van der Waals surface area contributed by atoms with Gasteiger partial charge in [-0.15, -0.1) is 0 Å². The van der Waals surface area contributed by atoms with Crippen molar-refractivity contribution in [3.8, 4) is 0 Å². The summed E-state index contributed by atoms with van der Waals surface area (Å²) in [6.07, 6.45) is 0.733. The standard InChI is InChI=1S/C23H29NO3/c1-21(2,19-13-9-6-10-14-19)17-22(3)23(4,26)24(20(25)27-22)16-15-18-11-7-5-8-12-18/h5-14,26H,15-17H2,1-4H3/t22-,23+/m0/s1. The highest BCUT2D eigenvalue weighted by Crippen LogP contribution is 2.45. The van der Waals surface area contributed by atoms with Crippen LogP contribution >= 0.6 is 0 Å². The molecule has 4 heteroatoms. The Balaban J connectivity index is 1.78. The van der Waals surface area contributed by atoms with Crippen LogP contribution in [0.1, 0.15) is 45.2 Å². The average molecular weight is 367 g/mol. The molecule has 0 aliphatic carbocycles. The van der Waals surface area contributed by atoms with E-state index in [0.29, 0.717) is 19.4 Å². The molecule has 2 aromatic rings. The summed E-state index contributed by atoms with van der Waals surface area (Å²) in [6.45, 7) is 8.16. The molecule has 1 amide bonds. The molecule has 1 fully saturated rings. The first-order chi connectivity index (χ1) is 12.7. The average Bonchev–Trinajstić information content (AvgIpc) is 2.78. The second kappa shape index (κ2) is 7.01. The smallest absolute Gasteiger partial charge is 0.412 e. The Hall–Kier alpha value is -2.33. The van der Waals surface area contributed by atoms with Crippen LogP contribution < -0.4 is 0 Å². The topological polar surface area (TPSA) is 49.8 Å². The predicted octanol–water partition coefficient (Wildman–Crippen LogP) is 4.52. The Bertz CT molecular complexity index is 786. The first-order valence-electron chi connectivity index (χ1n) is 9.48. The molecule has 1 N–H and O–H groups in total. The van der Waals surface area contributed by atoms with E-state index in [1.807, 2.05) is 55.5 Å². The predicted molar refractivity (Wildman–Crippen MR) is 106 cm³/mol. The van der Waals surface area contributed by atoms with Gasteiger partial charge in [-0.1, -0.05) is 74.5 Å². The van der Waals surface area contributed by atoms with E-state index in [9.17, 15) is 9.90 Å². The summed E-state index contributed by atoms with van der Waals surface area (Å²) >= 11 is 0. The van der Waals surface area contributed by atoms with Crippen LogP contribution in [-0.4, -0.2) is 34.0 Å². The molecule has 144 valence electrons. The maximum Gasteiger partial charge on any atom is 0.412 e. The molecule has 1 aliphatic heterocycles. The molecule has 0 aromatic heterocycles. The lowest BCUT2D eigenvalue weighted by atomic mass is 9.72. The van der Waals surface area contributed by atoms with Crippen LogP contribution in [0.25, 0.3) is 0 Å². The number of carbonyl (C=O) groups excluding carboxylic acids is 1. The number of benzene rings is 2. The molecular weight excluding hydrogens is 338 g/mol. The summed E-state index contributed by atoms with van der Waals surface area (Å²) in [6, 6.07) is 20.1. The van der Waals surface area contributed by atoms with Crippen LogP contribution in [-0.2, 0) is 16.6 Å². The summed E-state index contributed by atoms with van der Waals surface area (Å²) in [5, 5.41) is 11.3. The van der Waals surface area contributed by atoms with Crippen LogP contribution in [0.5, 0.6) is 0 Å². The largest absolute Gasteiger partial charge is 0.438 e. The van der Waals surface area contributed by atoms with Crippen molar-refractivity contribution in [3.63, 3.8) is 0 Å². The fourth-order valence-corrected chi connectivity index (χ4v) is 4.04. The lowest BCUT2D eigenvalue weighted by Crippen LogP contribution is -2.57. The maximum atomic E-state index is 12.6. The number of hydrogen-bond acceptors (Lipinski definition) is 3. The third kappa shape index (κ3) is 3.72. The Morgan fingerprint density at radius 2 is 1.56 bits per heavy atom. The Labute approximate surface area is 161 Å². The highest BCUT2D eigenvalue weighted by atomic mass is 16.6. The number of carbonyl (C=O) groups is 1. The summed E-state index contributed by atoms with van der Waals surface area (Å²) in [5.74, 6) is 0. The molecule has 0 spiro atoms. The third-order valence-electron chi connectivity index (χ3n) is 5.86. The van der Waals surface area contributed by atoms with Crippen molar-refractivity contribution in [2.45, 2.75) is 57.3 Å². The zero-order chi connectivity index (χ0) is 19.7. The minimum Gasteiger partial charge on any atom is -0.438 e. The minimum absolute atomic E-state index is 0.254. The quantitative estimate of drug-likeness (QED) is 0.817. The lowest BCUT2D eigenvalue weighted by Gasteiger charge is -2.42. The molecule has 27 heavy (non-hydrogen) atoms. The molecule has 2 atom stereocenters. The fourth-order valence-electron chi connectivity index (χ4n) is 4.04. The van der Waals surface area contributed by atoms with Crippen LogP contribution in [0, 0.1) is 0 Å². The second-order valence-corrected chi connectivity index (χ2v) is 8.43. The molecule has 0 saturated carbocycles. The van der Waals surface area contributed by atoms with Crippen molar-refractivity contribution in [1.29, 1.82) is 0 Å². The number of hydrogen-bond donors (Lipinski definition) is 1. The van der Waals surface area contributed by atoms with Crippen LogP contribution in [0.4, 0.5) is 4.79 Å². The monoisotopic (exact) mass is 367 g/mol. The number of cyclic esters (lactones) is 1. The van der Waals surface area contributed by atoms with E-state index in [2.05, 4.69) is 26.0 Å². The Kier molecular flexibility index (Phi) is 5.04. The maximum absolute atomic E-state index is 12.6. The Morgan fingerprint density at radius 3 is 2.15 bits per heavy atom. The van der Waals surface area contributed by atoms with Crippen LogP contribution in [0.3, 0.4) is 0 Å². The van der Waals surface area contributed by atoms with Gasteiger partial charge in [0, 0.05) is 13.0 Å². The van der Waals surface area contributed by atoms with Crippen molar-refractivity contribution < 1.29 is 14.6 Å². The second-order valence-electron chi connectivity index (χ2n) is 8.43. The zero-order valence-electron chi connectivity index (χ0n) is 16.6. The van der Waals surface area contributed by atoms with Crippen molar-refractivity contribution in [3.05, 3.63) is 71.8 Å². The number of rotatable bonds is 6. The molecule has 3 rings (SSSR count). The van der Waals surface area contributed by atoms with Gasteiger partial charge in [-0.3, -0.25) is 4.90 Å². The van der Waals surface area contributed by atoms with E-state index >= 15 is 0 Å². The van der Waals surface area contributed by atoms with Gasteiger partial charge in [-0.2, -0.15) is 0 Å². The van der Waals surface area contributed by atoms with Gasteiger partial charge in [0.05, 0.1) is 0 Å². The van der Waals surface area contributed by atoms with Crippen molar-refractivity contribution in [2.75, 3.05) is 6.54 Å². The molecule has 1 saturated heterocycles. The van der Waals surface area contributed by atoms with Gasteiger partial charge in [0.1, 0.15) is 0 Å². The lowest BCUT2D eigenvalue weighted by molar-refractivity contribution is -0.145. The fraction of sp³-hybridized carbons (Fsp3) is 0.435. The third-order valence-corrected chi connectivity index (χ3v) is 5.86. The summed E-state index contributed by atoms with van der Waals surface area (Å²) < 4.78 is 5.76. The van der Waals surface area contributed by atoms with Crippen LogP contribution in [0.2, 0.25) is 0 Å². The SMILES string of the molecule is CC(C)(C[C@]1(C)OC(=O)N(CCc2ccccc2)[C@]1(C)O)c1ccccc1. The van der Waals surface area contributed by atoms with E-state index < -0.39 is 17.4 Å². The molecule has 0 radical (unpaired) electrons. The highest BCUT2D eigenvalue weighted by Gasteiger charge is 2.60. The van der Waals surface area contributed by atoms with Gasteiger partial charge in [-0.05, 0) is 36.8 Å². The summed E-state index contributed by atoms with van der Waals surface area (Å²) in [4.78, 5) is 14.1. The number of nitrogens with zero attached hydrogens (tertiary/aromatic N) is 1. The molecule has 0 bridgehead atoms. The van der Waals surface area contributed by atoms with Crippen LogP contribution in [0.15, 0.2) is 60.7 Å². The zero-order valence-corrected chi connectivity index (χ0v) is 16.6. The van der Waals surface area contributed by atoms with Crippen molar-refractivity contribution in [1.82, 2.24) is 4.90 Å². The molecule has 0 unspecified atom stereocenters. The molecular formula is C23H29NO3. The van der Waals surface area contributed by atoms with E-state index in [1.165, 1.54) is 4.90 Å². The molecule has 1 aliphatic rings. The Morgan fingerprint density at radius 1 is 1.00 bits per heavy atom. The molecule has 1 heterocycles. The molecule has 4 nitrogen and oxygen atoms in total. The summed E-state index contributed by atoms with van der Waals surface area (Å²) in [5.41, 5.74) is -0.360. The van der Waals surface area contributed by atoms with Gasteiger partial charge in [-0.25, -0.2) is 4.79 Å². The highest BCUT2D eigenvalue weighted by molar-refractivity contribution is 5.72. The van der Waals surface area contributed by atoms with Crippen molar-refractivity contribution >= 4 is 6.09 Å². The summed E-state index contributed by atoms with van der Waals surface area (Å²) in [7, 11) is 0. The van der Waals surface area contributed by atoms with Crippen molar-refractivity contribution in [2.24, 2.45) is 0 Å². The van der Waals surface area contributed by atoms with E-state index in [1.54, 1.807) is 6.92 Å². The molecule has 2 aromatic carbocycles. The van der Waals surface area contributed by atoms with E-state index in [4.69, 9.17) is 4.74 Å². The first-order valence-corrected chi connectivity index (χ1v) is 9.48. The van der Waals surface area contributed by atoms with Gasteiger partial charge in [0.25, 0.3) is 0 Å². The number of aliphatic hydroxyl groups is 1. The van der Waals surface area contributed by atoms with Gasteiger partial charge in [0.15, 0.2) is 11.3 Å². The van der Waals surface area contributed by atoms with Gasteiger partial charge >= 0.3 is 6.09 Å². The minimum atomic E-state index is -1.38.